The first-order chi connectivity index (χ1) is 28.2. The Morgan fingerprint density at radius 3 is 1.30 bits per heavy atom. The molecule has 0 saturated heterocycles. The Morgan fingerprint density at radius 2 is 0.772 bits per heavy atom. The summed E-state index contributed by atoms with van der Waals surface area (Å²) in [5.41, 5.74) is 14.0. The molecule has 0 aliphatic rings. The molecule has 0 fully saturated rings. The van der Waals surface area contributed by atoms with Crippen molar-refractivity contribution in [2.24, 2.45) is 0 Å². The second kappa shape index (κ2) is 14.4. The molecule has 0 amide bonds. The van der Waals surface area contributed by atoms with Crippen LogP contribution in [-0.2, 0) is 0 Å². The Bertz CT molecular complexity index is 3020. The normalized spacial score (nSPS) is 11.1. The Balaban J connectivity index is 1.04. The highest BCUT2D eigenvalue weighted by molar-refractivity contribution is 6.16. The van der Waals surface area contributed by atoms with E-state index in [-0.39, 0.29) is 0 Å². The lowest BCUT2D eigenvalue weighted by atomic mass is 9.89. The molecule has 10 aromatic rings. The van der Waals surface area contributed by atoms with Gasteiger partial charge in [-0.1, -0.05) is 170 Å². The number of hydrogen-bond acceptors (Lipinski definition) is 5. The maximum atomic E-state index is 9.17. The number of nitriles is 1. The van der Waals surface area contributed by atoms with Crippen molar-refractivity contribution in [2.45, 2.75) is 0 Å². The van der Waals surface area contributed by atoms with Gasteiger partial charge in [-0.15, -0.1) is 0 Å². The number of benzene rings is 8. The second-order valence-corrected chi connectivity index (χ2v) is 13.9. The third kappa shape index (κ3) is 6.42. The minimum Gasteiger partial charge on any atom is -0.456 e. The van der Waals surface area contributed by atoms with E-state index in [9.17, 15) is 5.26 Å². The third-order valence-electron chi connectivity index (χ3n) is 10.4. The van der Waals surface area contributed by atoms with Crippen LogP contribution in [0, 0.1) is 11.3 Å². The first-order valence-electron chi connectivity index (χ1n) is 18.8. The summed E-state index contributed by atoms with van der Waals surface area (Å²) in [6, 6.07) is 68.3. The van der Waals surface area contributed by atoms with Crippen molar-refractivity contribution >= 4 is 21.9 Å². The van der Waals surface area contributed by atoms with Gasteiger partial charge in [-0.3, -0.25) is 0 Å². The second-order valence-electron chi connectivity index (χ2n) is 13.9. The van der Waals surface area contributed by atoms with E-state index in [1.807, 2.05) is 97.1 Å². The van der Waals surface area contributed by atoms with Crippen LogP contribution >= 0.6 is 0 Å². The van der Waals surface area contributed by atoms with Crippen LogP contribution in [-0.4, -0.2) is 15.0 Å². The third-order valence-corrected chi connectivity index (χ3v) is 10.4. The Hall–Kier alpha value is -7.94. The average Bonchev–Trinajstić information content (AvgIpc) is 3.68. The number of hydrogen-bond donors (Lipinski definition) is 0. The highest BCUT2D eigenvalue weighted by Crippen LogP contribution is 2.43. The average molecular weight is 729 g/mol. The zero-order valence-corrected chi connectivity index (χ0v) is 30.7. The van der Waals surface area contributed by atoms with E-state index in [1.165, 1.54) is 0 Å². The quantitative estimate of drug-likeness (QED) is 0.163. The summed E-state index contributed by atoms with van der Waals surface area (Å²) in [7, 11) is 0. The monoisotopic (exact) mass is 728 g/mol. The van der Waals surface area contributed by atoms with Gasteiger partial charge in [0.1, 0.15) is 11.2 Å². The number of furan rings is 1. The van der Waals surface area contributed by atoms with Crippen molar-refractivity contribution < 1.29 is 4.42 Å². The smallest absolute Gasteiger partial charge is 0.164 e. The number of nitrogens with zero attached hydrogens (tertiary/aromatic N) is 4. The summed E-state index contributed by atoms with van der Waals surface area (Å²) >= 11 is 0. The van der Waals surface area contributed by atoms with Crippen LogP contribution in [0.25, 0.3) is 101 Å². The SMILES string of the molecule is N#Cc1ccc(-c2ccc(-c3ccc(-c4ccc5oc6ccccc6c5c4-c4ccc(-c5nc(-c6ccccc6)nc(-c6ccccc6)n5)cc4)cc3)cc2)cc1. The molecule has 8 aromatic carbocycles. The van der Waals surface area contributed by atoms with Crippen LogP contribution in [0.2, 0.25) is 0 Å². The predicted octanol–water partition coefficient (Wildman–Crippen LogP) is 13.3. The summed E-state index contributed by atoms with van der Waals surface area (Å²) in [5, 5.41) is 11.3. The van der Waals surface area contributed by atoms with E-state index in [1.54, 1.807) is 0 Å². The Morgan fingerprint density at radius 1 is 0.351 bits per heavy atom. The Labute approximate surface area is 329 Å². The topological polar surface area (TPSA) is 75.6 Å². The molecule has 0 aliphatic carbocycles. The zero-order valence-electron chi connectivity index (χ0n) is 30.7. The molecule has 0 atom stereocenters. The van der Waals surface area contributed by atoms with Crippen molar-refractivity contribution in [1.29, 1.82) is 5.26 Å². The van der Waals surface area contributed by atoms with Crippen LogP contribution in [0.15, 0.2) is 199 Å². The number of rotatable bonds is 7. The van der Waals surface area contributed by atoms with E-state index in [4.69, 9.17) is 19.4 Å². The maximum absolute atomic E-state index is 9.17. The fraction of sp³-hybridized carbons (Fsp3) is 0. The predicted molar refractivity (Wildman–Crippen MR) is 230 cm³/mol. The summed E-state index contributed by atoms with van der Waals surface area (Å²) in [4.78, 5) is 14.8. The van der Waals surface area contributed by atoms with Gasteiger partial charge in [-0.25, -0.2) is 15.0 Å². The largest absolute Gasteiger partial charge is 0.456 e. The van der Waals surface area contributed by atoms with Gasteiger partial charge in [0.2, 0.25) is 0 Å². The fourth-order valence-corrected chi connectivity index (χ4v) is 7.52. The molecular weight excluding hydrogens is 697 g/mol. The van der Waals surface area contributed by atoms with Crippen LogP contribution in [0.4, 0.5) is 0 Å². The number of fused-ring (bicyclic) bond motifs is 3. The van der Waals surface area contributed by atoms with Crippen molar-refractivity contribution in [3.63, 3.8) is 0 Å². The first kappa shape index (κ1) is 33.6. The molecular formula is C52H32N4O. The van der Waals surface area contributed by atoms with Gasteiger partial charge >= 0.3 is 0 Å². The van der Waals surface area contributed by atoms with Crippen LogP contribution in [0.3, 0.4) is 0 Å². The zero-order chi connectivity index (χ0) is 38.1. The van der Waals surface area contributed by atoms with Crippen molar-refractivity contribution in [2.75, 3.05) is 0 Å². The molecule has 0 saturated carbocycles. The van der Waals surface area contributed by atoms with Gasteiger partial charge < -0.3 is 4.42 Å². The Kier molecular flexibility index (Phi) is 8.48. The van der Waals surface area contributed by atoms with E-state index in [0.717, 1.165) is 83.1 Å². The first-order valence-corrected chi connectivity index (χ1v) is 18.8. The van der Waals surface area contributed by atoms with E-state index in [0.29, 0.717) is 23.0 Å². The van der Waals surface area contributed by atoms with Gasteiger partial charge in [-0.2, -0.15) is 5.26 Å². The molecule has 0 radical (unpaired) electrons. The fourth-order valence-electron chi connectivity index (χ4n) is 7.52. The lowest BCUT2D eigenvalue weighted by Crippen LogP contribution is -2.00. The van der Waals surface area contributed by atoms with Crippen LogP contribution in [0.1, 0.15) is 5.56 Å². The molecule has 0 N–H and O–H groups in total. The van der Waals surface area contributed by atoms with Crippen molar-refractivity contribution in [3.8, 4) is 84.7 Å². The number of aromatic nitrogens is 3. The summed E-state index contributed by atoms with van der Waals surface area (Å²) in [6.45, 7) is 0. The van der Waals surface area contributed by atoms with Crippen molar-refractivity contribution in [1.82, 2.24) is 15.0 Å². The highest BCUT2D eigenvalue weighted by atomic mass is 16.3. The van der Waals surface area contributed by atoms with Gasteiger partial charge in [0.25, 0.3) is 0 Å². The minimum absolute atomic E-state index is 0.613. The summed E-state index contributed by atoms with van der Waals surface area (Å²) in [6.07, 6.45) is 0. The van der Waals surface area contributed by atoms with Gasteiger partial charge in [0.15, 0.2) is 17.5 Å². The molecule has 2 aromatic heterocycles. The molecule has 0 spiro atoms. The van der Waals surface area contributed by atoms with Gasteiger partial charge in [0.05, 0.1) is 11.6 Å². The standard InChI is InChI=1S/C52H32N4O/c53-33-34-15-17-35(18-16-34)36-19-21-37(22-20-36)38-23-25-39(26-24-38)44-31-32-47-49(45-13-7-8-14-46(45)57-47)48(44)40-27-29-43(30-28-40)52-55-50(41-9-3-1-4-10-41)54-51(56-52)42-11-5-2-6-12-42/h1-32H. The molecule has 0 bridgehead atoms. The van der Waals surface area contributed by atoms with E-state index in [2.05, 4.69) is 103 Å². The maximum Gasteiger partial charge on any atom is 0.164 e. The summed E-state index contributed by atoms with van der Waals surface area (Å²) in [5.74, 6) is 1.87. The van der Waals surface area contributed by atoms with E-state index < -0.39 is 0 Å². The summed E-state index contributed by atoms with van der Waals surface area (Å²) < 4.78 is 6.40. The molecule has 10 rings (SSSR count). The van der Waals surface area contributed by atoms with Gasteiger partial charge in [-0.05, 0) is 63.2 Å². The molecule has 0 aliphatic heterocycles. The molecule has 5 nitrogen and oxygen atoms in total. The van der Waals surface area contributed by atoms with E-state index >= 15 is 0 Å². The molecule has 57 heavy (non-hydrogen) atoms. The highest BCUT2D eigenvalue weighted by Gasteiger charge is 2.19. The van der Waals surface area contributed by atoms with Crippen molar-refractivity contribution in [3.05, 3.63) is 200 Å². The molecule has 2 heterocycles. The van der Waals surface area contributed by atoms with Crippen LogP contribution < -0.4 is 0 Å². The van der Waals surface area contributed by atoms with Crippen LogP contribution in [0.5, 0.6) is 0 Å². The lowest BCUT2D eigenvalue weighted by Gasteiger charge is -2.14. The number of para-hydroxylation sites is 1. The lowest BCUT2D eigenvalue weighted by molar-refractivity contribution is 0.669. The minimum atomic E-state index is 0.613. The molecule has 266 valence electrons. The molecule has 0 unspecified atom stereocenters. The molecule has 5 heteroatoms. The van der Waals surface area contributed by atoms with Gasteiger partial charge in [0, 0.05) is 33.0 Å².